The molecule has 0 aliphatic heterocycles. The third-order valence-corrected chi connectivity index (χ3v) is 4.41. The van der Waals surface area contributed by atoms with Crippen LogP contribution in [0.25, 0.3) is 0 Å². The predicted octanol–water partition coefficient (Wildman–Crippen LogP) is 0.906. The van der Waals surface area contributed by atoms with Crippen LogP contribution in [0.4, 0.5) is 5.95 Å². The van der Waals surface area contributed by atoms with Crippen LogP contribution < -0.4 is 4.72 Å². The topological polar surface area (TPSA) is 97.1 Å². The van der Waals surface area contributed by atoms with Crippen molar-refractivity contribution in [3.63, 3.8) is 0 Å². The first-order valence-electron chi connectivity index (χ1n) is 6.21. The Bertz CT molecular complexity index is 708. The van der Waals surface area contributed by atoms with Gasteiger partial charge in [0.2, 0.25) is 5.95 Å². The number of hydrogen-bond acceptors (Lipinski definition) is 5. The SMILES string of the molecule is O=S(=O)(Nc1ncccn1)c1cc(CO)n(C2CC2)c1. The first kappa shape index (κ1) is 13.1. The lowest BCUT2D eigenvalue weighted by molar-refractivity contribution is 0.270. The van der Waals surface area contributed by atoms with Gasteiger partial charge in [-0.2, -0.15) is 0 Å². The molecule has 0 bridgehead atoms. The minimum Gasteiger partial charge on any atom is -0.390 e. The van der Waals surface area contributed by atoms with Gasteiger partial charge >= 0.3 is 0 Å². The summed E-state index contributed by atoms with van der Waals surface area (Å²) >= 11 is 0. The average Bonchev–Trinajstić information content (AvgIpc) is 3.18. The van der Waals surface area contributed by atoms with Crippen molar-refractivity contribution in [3.8, 4) is 0 Å². The molecular weight excluding hydrogens is 280 g/mol. The van der Waals surface area contributed by atoms with E-state index in [9.17, 15) is 13.5 Å². The maximum Gasteiger partial charge on any atom is 0.265 e. The van der Waals surface area contributed by atoms with Gasteiger partial charge in [-0.05, 0) is 25.0 Å². The number of aliphatic hydroxyl groups excluding tert-OH is 1. The second-order valence-electron chi connectivity index (χ2n) is 4.64. The zero-order valence-electron chi connectivity index (χ0n) is 10.6. The van der Waals surface area contributed by atoms with Gasteiger partial charge in [0, 0.05) is 30.3 Å². The molecule has 8 heteroatoms. The van der Waals surface area contributed by atoms with Crippen LogP contribution in [-0.2, 0) is 16.6 Å². The maximum absolute atomic E-state index is 12.2. The molecule has 20 heavy (non-hydrogen) atoms. The lowest BCUT2D eigenvalue weighted by Gasteiger charge is -2.04. The van der Waals surface area contributed by atoms with Crippen LogP contribution in [0.5, 0.6) is 0 Å². The molecule has 2 N–H and O–H groups in total. The van der Waals surface area contributed by atoms with Crippen molar-refractivity contribution in [2.45, 2.75) is 30.4 Å². The summed E-state index contributed by atoms with van der Waals surface area (Å²) < 4.78 is 28.6. The Hall–Kier alpha value is -1.93. The Morgan fingerprint density at radius 3 is 2.65 bits per heavy atom. The second-order valence-corrected chi connectivity index (χ2v) is 6.32. The van der Waals surface area contributed by atoms with Crippen LogP contribution in [-0.4, -0.2) is 28.1 Å². The summed E-state index contributed by atoms with van der Waals surface area (Å²) in [6, 6.07) is 3.38. The molecule has 7 nitrogen and oxygen atoms in total. The van der Waals surface area contributed by atoms with E-state index in [0.717, 1.165) is 12.8 Å². The molecular formula is C12H14N4O3S. The van der Waals surface area contributed by atoms with E-state index in [0.29, 0.717) is 11.7 Å². The van der Waals surface area contributed by atoms with E-state index in [1.54, 1.807) is 12.3 Å². The van der Waals surface area contributed by atoms with Crippen LogP contribution in [0.1, 0.15) is 24.6 Å². The van der Waals surface area contributed by atoms with E-state index in [2.05, 4.69) is 14.7 Å². The van der Waals surface area contributed by atoms with Gasteiger partial charge in [-0.1, -0.05) is 0 Å². The van der Waals surface area contributed by atoms with Crippen LogP contribution >= 0.6 is 0 Å². The smallest absolute Gasteiger partial charge is 0.265 e. The Morgan fingerprint density at radius 2 is 2.05 bits per heavy atom. The van der Waals surface area contributed by atoms with E-state index < -0.39 is 10.0 Å². The molecule has 1 saturated carbocycles. The summed E-state index contributed by atoms with van der Waals surface area (Å²) in [5, 5.41) is 9.30. The molecule has 0 unspecified atom stereocenters. The van der Waals surface area contributed by atoms with Crippen molar-refractivity contribution in [1.82, 2.24) is 14.5 Å². The molecule has 3 rings (SSSR count). The van der Waals surface area contributed by atoms with Crippen LogP contribution in [0.2, 0.25) is 0 Å². The Labute approximate surface area is 116 Å². The van der Waals surface area contributed by atoms with E-state index >= 15 is 0 Å². The molecule has 1 aliphatic rings. The molecule has 106 valence electrons. The summed E-state index contributed by atoms with van der Waals surface area (Å²) in [5.74, 6) is 0.0252. The number of aromatic nitrogens is 3. The molecule has 0 spiro atoms. The van der Waals surface area contributed by atoms with Crippen molar-refractivity contribution in [2.75, 3.05) is 4.72 Å². The fraction of sp³-hybridized carbons (Fsp3) is 0.333. The minimum atomic E-state index is -3.74. The fourth-order valence-corrected chi connectivity index (χ4v) is 3.00. The first-order valence-corrected chi connectivity index (χ1v) is 7.70. The number of nitrogens with one attached hydrogen (secondary N) is 1. The average molecular weight is 294 g/mol. The number of nitrogens with zero attached hydrogens (tertiary/aromatic N) is 3. The third kappa shape index (κ3) is 2.52. The van der Waals surface area contributed by atoms with Crippen LogP contribution in [0.15, 0.2) is 35.6 Å². The molecule has 2 aromatic rings. The summed E-state index contributed by atoms with van der Waals surface area (Å²) in [6.07, 6.45) is 6.49. The highest BCUT2D eigenvalue weighted by Gasteiger charge is 2.28. The molecule has 0 saturated heterocycles. The summed E-state index contributed by atoms with van der Waals surface area (Å²) in [4.78, 5) is 7.77. The van der Waals surface area contributed by atoms with Gasteiger partial charge in [-0.15, -0.1) is 0 Å². The maximum atomic E-state index is 12.2. The molecule has 0 amide bonds. The van der Waals surface area contributed by atoms with Gasteiger partial charge in [0.15, 0.2) is 0 Å². The van der Waals surface area contributed by atoms with Gasteiger partial charge in [0.25, 0.3) is 10.0 Å². The molecule has 2 aromatic heterocycles. The lowest BCUT2D eigenvalue weighted by Crippen LogP contribution is -2.14. The van der Waals surface area contributed by atoms with Crippen LogP contribution in [0.3, 0.4) is 0 Å². The molecule has 0 radical (unpaired) electrons. The monoisotopic (exact) mass is 294 g/mol. The Morgan fingerprint density at radius 1 is 1.35 bits per heavy atom. The summed E-state index contributed by atoms with van der Waals surface area (Å²) in [5.41, 5.74) is 0.599. The summed E-state index contributed by atoms with van der Waals surface area (Å²) in [7, 11) is -3.74. The summed E-state index contributed by atoms with van der Waals surface area (Å²) in [6.45, 7) is -0.187. The second kappa shape index (κ2) is 4.88. The minimum absolute atomic E-state index is 0.0252. The third-order valence-electron chi connectivity index (χ3n) is 3.11. The number of hydrogen-bond donors (Lipinski definition) is 2. The van der Waals surface area contributed by atoms with Gasteiger partial charge < -0.3 is 9.67 Å². The van der Waals surface area contributed by atoms with E-state index in [-0.39, 0.29) is 17.5 Å². The van der Waals surface area contributed by atoms with Gasteiger partial charge in [-0.3, -0.25) is 0 Å². The van der Waals surface area contributed by atoms with E-state index in [1.165, 1.54) is 18.5 Å². The van der Waals surface area contributed by atoms with Crippen molar-refractivity contribution in [3.05, 3.63) is 36.4 Å². The molecule has 0 atom stereocenters. The number of anilines is 1. The van der Waals surface area contributed by atoms with Crippen LogP contribution in [0, 0.1) is 0 Å². The van der Waals surface area contributed by atoms with Crippen molar-refractivity contribution in [1.29, 1.82) is 0 Å². The number of sulfonamides is 1. The van der Waals surface area contributed by atoms with Gasteiger partial charge in [0.1, 0.15) is 4.90 Å². The fourth-order valence-electron chi connectivity index (χ4n) is 1.99. The number of rotatable bonds is 5. The normalized spacial score (nSPS) is 15.2. The standard InChI is InChI=1S/C12H14N4O3S/c17-8-10-6-11(7-16(10)9-2-3-9)20(18,19)15-12-13-4-1-5-14-12/h1,4-7,9,17H,2-3,8H2,(H,13,14,15). The highest BCUT2D eigenvalue weighted by atomic mass is 32.2. The van der Waals surface area contributed by atoms with Crippen molar-refractivity contribution >= 4 is 16.0 Å². The Kier molecular flexibility index (Phi) is 3.19. The van der Waals surface area contributed by atoms with Crippen molar-refractivity contribution < 1.29 is 13.5 Å². The first-order chi connectivity index (χ1) is 9.60. The largest absolute Gasteiger partial charge is 0.390 e. The van der Waals surface area contributed by atoms with Gasteiger partial charge in [-0.25, -0.2) is 23.1 Å². The lowest BCUT2D eigenvalue weighted by atomic mass is 10.4. The van der Waals surface area contributed by atoms with Crippen molar-refractivity contribution in [2.24, 2.45) is 0 Å². The quantitative estimate of drug-likeness (QED) is 0.854. The highest BCUT2D eigenvalue weighted by Crippen LogP contribution is 2.37. The number of aliphatic hydroxyl groups is 1. The molecule has 1 fully saturated rings. The molecule has 1 aliphatic carbocycles. The zero-order chi connectivity index (χ0) is 14.2. The molecule has 2 heterocycles. The van der Waals surface area contributed by atoms with E-state index in [1.807, 2.05) is 4.57 Å². The molecule has 0 aromatic carbocycles. The van der Waals surface area contributed by atoms with Gasteiger partial charge in [0.05, 0.1) is 6.61 Å². The zero-order valence-corrected chi connectivity index (χ0v) is 11.4. The highest BCUT2D eigenvalue weighted by molar-refractivity contribution is 7.92. The predicted molar refractivity (Wildman–Crippen MR) is 71.5 cm³/mol. The van der Waals surface area contributed by atoms with E-state index in [4.69, 9.17) is 0 Å². The Balaban J connectivity index is 1.91.